The molecule has 0 radical (unpaired) electrons. The maximum Gasteiger partial charge on any atom is 0.341 e. The SMILES string of the molecule is O=C(O)c1cn2c(c(O)c1=O)C(=O)N(CC1CCCOC1)C[C@@H]2C(c1ccccc1)c1ccccc1. The molecule has 1 unspecified atom stereocenters. The Bertz CT molecular complexity index is 1280. The number of rotatable bonds is 6. The predicted molar refractivity (Wildman–Crippen MR) is 133 cm³/mol. The van der Waals surface area contributed by atoms with Crippen LogP contribution in [-0.2, 0) is 4.74 Å². The summed E-state index contributed by atoms with van der Waals surface area (Å²) in [7, 11) is 0. The molecule has 1 aromatic heterocycles. The molecule has 2 aromatic carbocycles. The van der Waals surface area contributed by atoms with Gasteiger partial charge in [0.2, 0.25) is 5.43 Å². The van der Waals surface area contributed by atoms with E-state index in [0.29, 0.717) is 19.8 Å². The summed E-state index contributed by atoms with van der Waals surface area (Å²) in [5, 5.41) is 20.5. The minimum atomic E-state index is -1.45. The molecule has 3 aromatic rings. The third-order valence-corrected chi connectivity index (χ3v) is 7.13. The van der Waals surface area contributed by atoms with Crippen LogP contribution in [0, 0.1) is 5.92 Å². The second-order valence-electron chi connectivity index (χ2n) is 9.44. The molecule has 0 aliphatic carbocycles. The van der Waals surface area contributed by atoms with Crippen molar-refractivity contribution in [2.24, 2.45) is 5.92 Å². The quantitative estimate of drug-likeness (QED) is 0.550. The molecule has 0 bridgehead atoms. The normalized spacial score (nSPS) is 19.8. The first-order valence-corrected chi connectivity index (χ1v) is 12.1. The van der Waals surface area contributed by atoms with Crippen molar-refractivity contribution in [3.05, 3.63) is 99.5 Å². The van der Waals surface area contributed by atoms with Gasteiger partial charge in [0.15, 0.2) is 11.4 Å². The lowest BCUT2D eigenvalue weighted by Gasteiger charge is -2.42. The zero-order chi connectivity index (χ0) is 25.2. The number of aromatic carboxylic acids is 1. The van der Waals surface area contributed by atoms with Gasteiger partial charge < -0.3 is 24.4 Å². The van der Waals surface area contributed by atoms with E-state index in [9.17, 15) is 24.6 Å². The Labute approximate surface area is 208 Å². The number of benzene rings is 2. The highest BCUT2D eigenvalue weighted by Crippen LogP contribution is 2.40. The van der Waals surface area contributed by atoms with Gasteiger partial charge in [-0.3, -0.25) is 9.59 Å². The zero-order valence-corrected chi connectivity index (χ0v) is 19.7. The first-order chi connectivity index (χ1) is 17.5. The molecule has 2 N–H and O–H groups in total. The highest BCUT2D eigenvalue weighted by molar-refractivity contribution is 5.97. The molecule has 2 atom stereocenters. The number of hydrogen-bond acceptors (Lipinski definition) is 5. The fourth-order valence-electron chi connectivity index (χ4n) is 5.44. The maximum absolute atomic E-state index is 13.6. The van der Waals surface area contributed by atoms with Gasteiger partial charge in [-0.05, 0) is 29.9 Å². The molecule has 186 valence electrons. The Morgan fingerprint density at radius 2 is 1.67 bits per heavy atom. The third-order valence-electron chi connectivity index (χ3n) is 7.13. The summed E-state index contributed by atoms with van der Waals surface area (Å²) in [6, 6.07) is 19.1. The van der Waals surface area contributed by atoms with E-state index in [2.05, 4.69) is 0 Å². The van der Waals surface area contributed by atoms with Gasteiger partial charge in [-0.2, -0.15) is 0 Å². The average Bonchev–Trinajstić information content (AvgIpc) is 2.90. The second kappa shape index (κ2) is 9.99. The van der Waals surface area contributed by atoms with Crippen LogP contribution in [0.15, 0.2) is 71.7 Å². The number of hydrogen-bond donors (Lipinski definition) is 2. The summed E-state index contributed by atoms with van der Waals surface area (Å²) in [4.78, 5) is 39.8. The van der Waals surface area contributed by atoms with Crippen molar-refractivity contribution >= 4 is 11.9 Å². The molecule has 1 saturated heterocycles. The Hall–Kier alpha value is -3.91. The van der Waals surface area contributed by atoms with Crippen molar-refractivity contribution in [2.75, 3.05) is 26.3 Å². The van der Waals surface area contributed by atoms with Crippen molar-refractivity contribution in [3.8, 4) is 5.75 Å². The van der Waals surface area contributed by atoms with Crippen molar-refractivity contribution in [2.45, 2.75) is 24.8 Å². The lowest BCUT2D eigenvalue weighted by Crippen LogP contribution is -2.49. The van der Waals surface area contributed by atoms with E-state index in [1.165, 1.54) is 10.8 Å². The molecule has 0 spiro atoms. The van der Waals surface area contributed by atoms with Crippen LogP contribution < -0.4 is 5.43 Å². The van der Waals surface area contributed by atoms with Crippen LogP contribution in [0.25, 0.3) is 0 Å². The Balaban J connectivity index is 1.69. The summed E-state index contributed by atoms with van der Waals surface area (Å²) in [6.45, 7) is 1.97. The van der Waals surface area contributed by atoms with Crippen LogP contribution in [0.1, 0.15) is 56.8 Å². The number of nitrogens with zero attached hydrogens (tertiary/aromatic N) is 2. The topological polar surface area (TPSA) is 109 Å². The molecule has 8 heteroatoms. The molecule has 3 heterocycles. The molecular weight excluding hydrogens is 460 g/mol. The fraction of sp³-hybridized carbons (Fsp3) is 0.321. The van der Waals surface area contributed by atoms with Crippen LogP contribution >= 0.6 is 0 Å². The van der Waals surface area contributed by atoms with E-state index < -0.39 is 34.7 Å². The molecular formula is C28H28N2O6. The summed E-state index contributed by atoms with van der Waals surface area (Å²) >= 11 is 0. The van der Waals surface area contributed by atoms with Crippen LogP contribution in [0.3, 0.4) is 0 Å². The van der Waals surface area contributed by atoms with Crippen LogP contribution in [0.2, 0.25) is 0 Å². The number of carboxylic acids is 1. The molecule has 2 aliphatic heterocycles. The minimum Gasteiger partial charge on any atom is -0.503 e. The Kier molecular flexibility index (Phi) is 6.61. The average molecular weight is 489 g/mol. The van der Waals surface area contributed by atoms with Gasteiger partial charge in [0.05, 0.1) is 12.6 Å². The van der Waals surface area contributed by atoms with Gasteiger partial charge in [0.1, 0.15) is 5.56 Å². The molecule has 1 fully saturated rings. The number of aromatic nitrogens is 1. The lowest BCUT2D eigenvalue weighted by atomic mass is 9.83. The Morgan fingerprint density at radius 3 is 2.22 bits per heavy atom. The van der Waals surface area contributed by atoms with Crippen molar-refractivity contribution in [1.29, 1.82) is 0 Å². The minimum absolute atomic E-state index is 0.147. The molecule has 0 saturated carbocycles. The van der Waals surface area contributed by atoms with E-state index in [0.717, 1.165) is 24.0 Å². The zero-order valence-electron chi connectivity index (χ0n) is 19.7. The van der Waals surface area contributed by atoms with Gasteiger partial charge >= 0.3 is 5.97 Å². The van der Waals surface area contributed by atoms with Crippen LogP contribution in [0.4, 0.5) is 0 Å². The van der Waals surface area contributed by atoms with Gasteiger partial charge in [-0.15, -0.1) is 0 Å². The fourth-order valence-corrected chi connectivity index (χ4v) is 5.44. The van der Waals surface area contributed by atoms with E-state index in [-0.39, 0.29) is 24.1 Å². The van der Waals surface area contributed by atoms with Gasteiger partial charge in [-0.25, -0.2) is 4.79 Å². The number of pyridine rings is 1. The number of aromatic hydroxyl groups is 1. The first kappa shape index (κ1) is 23.8. The number of amides is 1. The smallest absolute Gasteiger partial charge is 0.341 e. The van der Waals surface area contributed by atoms with Crippen LogP contribution in [0.5, 0.6) is 5.75 Å². The second-order valence-corrected chi connectivity index (χ2v) is 9.44. The molecule has 8 nitrogen and oxygen atoms in total. The van der Waals surface area contributed by atoms with Crippen LogP contribution in [-0.4, -0.2) is 57.9 Å². The summed E-state index contributed by atoms with van der Waals surface area (Å²) in [5.74, 6) is -2.88. The number of ether oxygens (including phenoxy) is 1. The van der Waals surface area contributed by atoms with Gasteiger partial charge in [-0.1, -0.05) is 60.7 Å². The maximum atomic E-state index is 13.6. The number of carbonyl (C=O) groups is 2. The standard InChI is InChI=1S/C28H28N2O6/c31-25-21(28(34)35)15-30-22(23(19-9-3-1-4-10-19)20-11-5-2-6-12-20)16-29(27(33)24(30)26(25)32)14-18-8-7-13-36-17-18/h1-6,9-12,15,18,22-23,32H,7-8,13-14,16-17H2,(H,34,35)/t18?,22-/m1/s1. The van der Waals surface area contributed by atoms with E-state index in [1.807, 2.05) is 60.7 Å². The summed E-state index contributed by atoms with van der Waals surface area (Å²) in [6.07, 6.45) is 3.05. The van der Waals surface area contributed by atoms with Gasteiger partial charge in [0.25, 0.3) is 5.91 Å². The summed E-state index contributed by atoms with van der Waals surface area (Å²) < 4.78 is 7.12. The largest absolute Gasteiger partial charge is 0.503 e. The van der Waals surface area contributed by atoms with E-state index in [4.69, 9.17) is 4.74 Å². The monoisotopic (exact) mass is 488 g/mol. The molecule has 1 amide bonds. The molecule has 2 aliphatic rings. The molecule has 5 rings (SSSR count). The van der Waals surface area contributed by atoms with E-state index in [1.54, 1.807) is 4.90 Å². The van der Waals surface area contributed by atoms with Gasteiger partial charge in [0, 0.05) is 31.8 Å². The van der Waals surface area contributed by atoms with Crippen molar-refractivity contribution in [3.63, 3.8) is 0 Å². The lowest BCUT2D eigenvalue weighted by molar-refractivity contribution is 0.0287. The number of carbonyl (C=O) groups excluding carboxylic acids is 1. The van der Waals surface area contributed by atoms with Crippen molar-refractivity contribution < 1.29 is 24.5 Å². The summed E-state index contributed by atoms with van der Waals surface area (Å²) in [5.41, 5.74) is 0.160. The van der Waals surface area contributed by atoms with Crippen molar-refractivity contribution in [1.82, 2.24) is 9.47 Å². The van der Waals surface area contributed by atoms with E-state index >= 15 is 0 Å². The third kappa shape index (κ3) is 4.40. The molecule has 36 heavy (non-hydrogen) atoms. The highest BCUT2D eigenvalue weighted by Gasteiger charge is 2.40. The first-order valence-electron chi connectivity index (χ1n) is 12.1. The predicted octanol–water partition coefficient (Wildman–Crippen LogP) is 3.51. The highest BCUT2D eigenvalue weighted by atomic mass is 16.5. The number of fused-ring (bicyclic) bond motifs is 1. The Morgan fingerprint density at radius 1 is 1.03 bits per heavy atom. The number of carboxylic acid groups (broad SMARTS) is 1.